The highest BCUT2D eigenvalue weighted by Gasteiger charge is 2.21. The summed E-state index contributed by atoms with van der Waals surface area (Å²) in [6.45, 7) is 3.68. The molecule has 1 aromatic heterocycles. The molecule has 6 nitrogen and oxygen atoms in total. The number of benzene rings is 2. The van der Waals surface area contributed by atoms with Crippen molar-refractivity contribution < 1.29 is 14.0 Å². The minimum absolute atomic E-state index is 0.0321. The van der Waals surface area contributed by atoms with Gasteiger partial charge >= 0.3 is 0 Å². The number of rotatable bonds is 8. The molecular formula is C19H15Cl2FN4O2. The topological polar surface area (TPSA) is 61.5 Å². The zero-order valence-electron chi connectivity index (χ0n) is 14.5. The summed E-state index contributed by atoms with van der Waals surface area (Å²) < 4.78 is 21.6. The highest BCUT2D eigenvalue weighted by Crippen LogP contribution is 2.29. The lowest BCUT2D eigenvalue weighted by atomic mass is 10.1. The molecule has 0 saturated carbocycles. The quantitative estimate of drug-likeness (QED) is 0.210. The number of ether oxygens (including phenoxy) is 1. The average Bonchev–Trinajstić information content (AvgIpc) is 3.20. The molecule has 0 aliphatic rings. The molecule has 0 amide bonds. The number of oxime groups is 1. The van der Waals surface area contributed by atoms with E-state index in [2.05, 4.69) is 21.8 Å². The van der Waals surface area contributed by atoms with Crippen LogP contribution in [0.15, 0.2) is 72.9 Å². The SMILES string of the molecule is C=CCON=C(c1ccc(Oc2cc(Cl)cc(Cl)c2)cc1)C(F)n1cncn1. The molecule has 0 N–H and O–H groups in total. The minimum Gasteiger partial charge on any atom is -0.457 e. The van der Waals surface area contributed by atoms with Crippen LogP contribution in [-0.4, -0.2) is 27.1 Å². The third-order valence-electron chi connectivity index (χ3n) is 3.47. The van der Waals surface area contributed by atoms with Crippen LogP contribution in [0, 0.1) is 0 Å². The fourth-order valence-corrected chi connectivity index (χ4v) is 2.78. The number of hydrogen-bond donors (Lipinski definition) is 0. The monoisotopic (exact) mass is 420 g/mol. The molecule has 0 bridgehead atoms. The zero-order chi connectivity index (χ0) is 19.9. The first-order chi connectivity index (χ1) is 13.6. The Morgan fingerprint density at radius 3 is 2.50 bits per heavy atom. The fraction of sp³-hybridized carbons (Fsp3) is 0.105. The second kappa shape index (κ2) is 9.34. The second-order valence-corrected chi connectivity index (χ2v) is 6.38. The van der Waals surface area contributed by atoms with Crippen molar-refractivity contribution in [2.45, 2.75) is 6.30 Å². The van der Waals surface area contributed by atoms with Crippen LogP contribution < -0.4 is 4.74 Å². The molecule has 2 aromatic carbocycles. The summed E-state index contributed by atoms with van der Waals surface area (Å²) in [6.07, 6.45) is 2.33. The Morgan fingerprint density at radius 2 is 1.89 bits per heavy atom. The lowest BCUT2D eigenvalue weighted by molar-refractivity contribution is 0.168. The number of hydrogen-bond acceptors (Lipinski definition) is 5. The van der Waals surface area contributed by atoms with E-state index < -0.39 is 6.30 Å². The molecule has 3 rings (SSSR count). The van der Waals surface area contributed by atoms with Crippen molar-refractivity contribution in [3.8, 4) is 11.5 Å². The fourth-order valence-electron chi connectivity index (χ4n) is 2.27. The van der Waals surface area contributed by atoms with Gasteiger partial charge in [-0.1, -0.05) is 41.0 Å². The number of halogens is 3. The zero-order valence-corrected chi connectivity index (χ0v) is 16.0. The molecule has 0 aliphatic carbocycles. The van der Waals surface area contributed by atoms with E-state index >= 15 is 0 Å². The summed E-state index contributed by atoms with van der Waals surface area (Å²) in [5.74, 6) is 1.00. The molecule has 3 aromatic rings. The molecule has 0 saturated heterocycles. The van der Waals surface area contributed by atoms with E-state index in [-0.39, 0.29) is 12.3 Å². The lowest BCUT2D eigenvalue weighted by Crippen LogP contribution is -2.17. The highest BCUT2D eigenvalue weighted by atomic mass is 35.5. The minimum atomic E-state index is -1.68. The van der Waals surface area contributed by atoms with E-state index in [1.54, 1.807) is 42.5 Å². The molecule has 0 spiro atoms. The number of alkyl halides is 1. The lowest BCUT2D eigenvalue weighted by Gasteiger charge is -2.12. The highest BCUT2D eigenvalue weighted by molar-refractivity contribution is 6.34. The molecule has 0 fully saturated rings. The van der Waals surface area contributed by atoms with Gasteiger partial charge in [-0.15, -0.1) is 0 Å². The van der Waals surface area contributed by atoms with Gasteiger partial charge in [-0.2, -0.15) is 5.10 Å². The first-order valence-electron chi connectivity index (χ1n) is 8.10. The Morgan fingerprint density at radius 1 is 1.18 bits per heavy atom. The van der Waals surface area contributed by atoms with Crippen LogP contribution in [0.5, 0.6) is 11.5 Å². The van der Waals surface area contributed by atoms with E-state index in [4.69, 9.17) is 32.8 Å². The van der Waals surface area contributed by atoms with E-state index in [1.807, 2.05) is 0 Å². The molecule has 28 heavy (non-hydrogen) atoms. The van der Waals surface area contributed by atoms with Gasteiger partial charge in [0.15, 0.2) is 0 Å². The molecule has 1 heterocycles. The Bertz CT molecular complexity index is 942. The van der Waals surface area contributed by atoms with Crippen LogP contribution in [0.3, 0.4) is 0 Å². The van der Waals surface area contributed by atoms with E-state index in [9.17, 15) is 4.39 Å². The van der Waals surface area contributed by atoms with Gasteiger partial charge in [0.25, 0.3) is 0 Å². The maximum atomic E-state index is 14.8. The van der Waals surface area contributed by atoms with E-state index in [0.29, 0.717) is 27.1 Å². The first-order valence-corrected chi connectivity index (χ1v) is 8.85. The summed E-state index contributed by atoms with van der Waals surface area (Å²) in [5, 5.41) is 8.61. The summed E-state index contributed by atoms with van der Waals surface area (Å²) in [6, 6.07) is 11.5. The third kappa shape index (κ3) is 5.09. The summed E-state index contributed by atoms with van der Waals surface area (Å²) in [5.41, 5.74) is 0.522. The third-order valence-corrected chi connectivity index (χ3v) is 3.91. The van der Waals surface area contributed by atoms with Gasteiger partial charge < -0.3 is 9.57 Å². The van der Waals surface area contributed by atoms with E-state index in [0.717, 1.165) is 4.68 Å². The normalized spacial score (nSPS) is 12.5. The van der Waals surface area contributed by atoms with Gasteiger partial charge in [0.2, 0.25) is 6.30 Å². The molecule has 1 unspecified atom stereocenters. The van der Waals surface area contributed by atoms with Crippen LogP contribution in [0.25, 0.3) is 0 Å². The van der Waals surface area contributed by atoms with Crippen molar-refractivity contribution in [2.75, 3.05) is 6.61 Å². The molecule has 0 aliphatic heterocycles. The predicted molar refractivity (Wildman–Crippen MR) is 106 cm³/mol. The summed E-state index contributed by atoms with van der Waals surface area (Å²) >= 11 is 11.9. The summed E-state index contributed by atoms with van der Waals surface area (Å²) in [4.78, 5) is 8.83. The van der Waals surface area contributed by atoms with Crippen molar-refractivity contribution >= 4 is 28.9 Å². The molecule has 9 heteroatoms. The molecule has 1 atom stereocenters. The largest absolute Gasteiger partial charge is 0.457 e. The van der Waals surface area contributed by atoms with Crippen LogP contribution in [0.1, 0.15) is 11.9 Å². The second-order valence-electron chi connectivity index (χ2n) is 5.50. The number of aromatic nitrogens is 3. The Kier molecular flexibility index (Phi) is 6.62. The standard InChI is InChI=1S/C19H15Cl2FN4O2/c1-2-7-27-25-18(19(22)26-12-23-11-24-26)13-3-5-16(6-4-13)28-17-9-14(20)8-15(21)10-17/h2-6,8-12,19H,1,7H2. The van der Waals surface area contributed by atoms with Gasteiger partial charge in [-0.05, 0) is 42.5 Å². The van der Waals surface area contributed by atoms with Gasteiger partial charge in [0, 0.05) is 15.6 Å². The van der Waals surface area contributed by atoms with Crippen LogP contribution >= 0.6 is 23.2 Å². The van der Waals surface area contributed by atoms with Gasteiger partial charge in [0.05, 0.1) is 0 Å². The Balaban J connectivity index is 1.83. The molecular weight excluding hydrogens is 406 g/mol. The van der Waals surface area contributed by atoms with Crippen molar-refractivity contribution in [3.63, 3.8) is 0 Å². The van der Waals surface area contributed by atoms with Gasteiger partial charge in [0.1, 0.15) is 36.5 Å². The Labute approximate surface area is 170 Å². The predicted octanol–water partition coefficient (Wildman–Crippen LogP) is 5.45. The maximum Gasteiger partial charge on any atom is 0.239 e. The smallest absolute Gasteiger partial charge is 0.239 e. The van der Waals surface area contributed by atoms with Gasteiger partial charge in [-0.3, -0.25) is 0 Å². The first kappa shape index (κ1) is 19.9. The van der Waals surface area contributed by atoms with Crippen LogP contribution in [0.2, 0.25) is 10.0 Å². The molecule has 0 radical (unpaired) electrons. The average molecular weight is 421 g/mol. The van der Waals surface area contributed by atoms with Crippen LogP contribution in [0.4, 0.5) is 4.39 Å². The van der Waals surface area contributed by atoms with Crippen molar-refractivity contribution in [1.29, 1.82) is 0 Å². The van der Waals surface area contributed by atoms with E-state index in [1.165, 1.54) is 18.7 Å². The van der Waals surface area contributed by atoms with Crippen LogP contribution in [-0.2, 0) is 4.84 Å². The van der Waals surface area contributed by atoms with Crippen molar-refractivity contribution in [2.24, 2.45) is 5.16 Å². The number of nitrogens with zero attached hydrogens (tertiary/aromatic N) is 4. The van der Waals surface area contributed by atoms with Crippen molar-refractivity contribution in [3.05, 3.63) is 83.4 Å². The maximum absolute atomic E-state index is 14.8. The Hall–Kier alpha value is -2.90. The summed E-state index contributed by atoms with van der Waals surface area (Å²) in [7, 11) is 0. The molecule has 144 valence electrons. The van der Waals surface area contributed by atoms with Crippen molar-refractivity contribution in [1.82, 2.24) is 14.8 Å². The van der Waals surface area contributed by atoms with Gasteiger partial charge in [-0.25, -0.2) is 14.1 Å².